The second-order valence-corrected chi connectivity index (χ2v) is 5.69. The van der Waals surface area contributed by atoms with Gasteiger partial charge in [-0.25, -0.2) is 0 Å². The van der Waals surface area contributed by atoms with Crippen LogP contribution < -0.4 is 9.42 Å². The van der Waals surface area contributed by atoms with Crippen molar-refractivity contribution in [1.82, 2.24) is 0 Å². The number of fused-ring (bicyclic) bond motifs is 1. The van der Waals surface area contributed by atoms with E-state index in [-0.39, 0.29) is 5.75 Å². The van der Waals surface area contributed by atoms with Gasteiger partial charge in [0.2, 0.25) is 0 Å². The molecule has 1 atom stereocenters. The number of alkyl halides is 1. The highest BCUT2D eigenvalue weighted by atomic mass is 35.5. The molecule has 0 radical (unpaired) electrons. The van der Waals surface area contributed by atoms with Crippen LogP contribution in [0.4, 0.5) is 0 Å². The quantitative estimate of drug-likeness (QED) is 0.626. The Hall–Kier alpha value is -1.02. The van der Waals surface area contributed by atoms with Crippen molar-refractivity contribution in [3.63, 3.8) is 0 Å². The van der Waals surface area contributed by atoms with Crippen LogP contribution in [0, 0.1) is 0 Å². The van der Waals surface area contributed by atoms with Crippen molar-refractivity contribution in [3.05, 3.63) is 42.5 Å². The fourth-order valence-corrected chi connectivity index (χ4v) is 2.04. The van der Waals surface area contributed by atoms with E-state index in [1.807, 2.05) is 24.3 Å². The van der Waals surface area contributed by atoms with Crippen LogP contribution in [0.15, 0.2) is 42.5 Å². The van der Waals surface area contributed by atoms with E-state index in [4.69, 9.17) is 16.1 Å². The number of halogens is 1. The van der Waals surface area contributed by atoms with E-state index in [1.54, 1.807) is 18.2 Å². The second kappa shape index (κ2) is 4.46. The molecule has 2 aromatic rings. The smallest absolute Gasteiger partial charge is 0.199 e. The van der Waals surface area contributed by atoms with Crippen molar-refractivity contribution in [3.8, 4) is 5.75 Å². The first kappa shape index (κ1) is 11.5. The number of hydrogen-bond acceptors (Lipinski definition) is 3. The van der Waals surface area contributed by atoms with Crippen LogP contribution in [0.5, 0.6) is 5.75 Å². The van der Waals surface area contributed by atoms with E-state index in [0.717, 1.165) is 10.8 Å². The van der Waals surface area contributed by atoms with Crippen LogP contribution in [0.25, 0.3) is 10.8 Å². The largest absolute Gasteiger partial charge is 0.768 e. The van der Waals surface area contributed by atoms with Gasteiger partial charge in [0.25, 0.3) is 0 Å². The topological polar surface area (TPSA) is 49.4 Å². The maximum atomic E-state index is 11.2. The third-order valence-corrected chi connectivity index (χ3v) is 3.77. The van der Waals surface area contributed by atoms with Crippen molar-refractivity contribution in [2.75, 3.05) is 5.62 Å². The van der Waals surface area contributed by atoms with Gasteiger partial charge in [-0.1, -0.05) is 30.3 Å². The molecular weight excluding hydrogens is 247 g/mol. The van der Waals surface area contributed by atoms with E-state index in [1.165, 1.54) is 0 Å². The van der Waals surface area contributed by atoms with Gasteiger partial charge in [-0.15, -0.1) is 11.6 Å². The Kier molecular flexibility index (Phi) is 3.20. The molecule has 5 heteroatoms. The maximum absolute atomic E-state index is 11.2. The lowest BCUT2D eigenvalue weighted by molar-refractivity contribution is -0.189. The number of benzene rings is 2. The Balaban J connectivity index is 2.37. The molecule has 1 unspecified atom stereocenters. The Morgan fingerprint density at radius 1 is 1.19 bits per heavy atom. The third-order valence-electron chi connectivity index (χ3n) is 2.11. The number of hydrogen-bond donors (Lipinski definition) is 0. The first-order valence-electron chi connectivity index (χ1n) is 4.65. The monoisotopic (exact) mass is 255 g/mol. The standard InChI is InChI=1S/C11H10ClO3P/c12-8-16(13,14)15-11-6-5-9-3-1-2-4-10(9)7-11/h1-7H,8H2,(H,13,14)/p-1. The molecule has 0 amide bonds. The molecule has 0 aliphatic rings. The normalized spacial score (nSPS) is 14.6. The summed E-state index contributed by atoms with van der Waals surface area (Å²) in [6.45, 7) is 0. The Morgan fingerprint density at radius 2 is 1.88 bits per heavy atom. The van der Waals surface area contributed by atoms with Gasteiger partial charge in [-0.2, -0.15) is 0 Å². The molecule has 0 heterocycles. The first-order chi connectivity index (χ1) is 7.61. The SMILES string of the molecule is O=P([O-])(CCl)Oc1ccc2ccccc2c1. The van der Waals surface area contributed by atoms with Gasteiger partial charge in [-0.05, 0) is 22.9 Å². The molecule has 0 N–H and O–H groups in total. The molecule has 0 aliphatic heterocycles. The summed E-state index contributed by atoms with van der Waals surface area (Å²) in [5, 5.41) is 1.95. The molecule has 16 heavy (non-hydrogen) atoms. The molecule has 0 fully saturated rings. The van der Waals surface area contributed by atoms with E-state index < -0.39 is 13.2 Å². The van der Waals surface area contributed by atoms with Gasteiger partial charge < -0.3 is 9.42 Å². The van der Waals surface area contributed by atoms with Crippen molar-refractivity contribution < 1.29 is 14.0 Å². The molecule has 2 aromatic carbocycles. The van der Waals surface area contributed by atoms with Gasteiger partial charge in [0.05, 0.1) is 5.62 Å². The molecule has 2 rings (SSSR count). The summed E-state index contributed by atoms with van der Waals surface area (Å²) < 4.78 is 16.0. The molecular formula is C11H9ClO3P-. The Morgan fingerprint density at radius 3 is 2.56 bits per heavy atom. The van der Waals surface area contributed by atoms with Crippen LogP contribution in [-0.2, 0) is 4.57 Å². The fourth-order valence-electron chi connectivity index (χ4n) is 1.41. The summed E-state index contributed by atoms with van der Waals surface area (Å²) in [7, 11) is -3.96. The molecule has 0 saturated carbocycles. The zero-order chi connectivity index (χ0) is 11.6. The average molecular weight is 256 g/mol. The van der Waals surface area contributed by atoms with E-state index in [0.29, 0.717) is 0 Å². The third kappa shape index (κ3) is 2.56. The zero-order valence-corrected chi connectivity index (χ0v) is 9.95. The second-order valence-electron chi connectivity index (χ2n) is 3.33. The van der Waals surface area contributed by atoms with Crippen LogP contribution in [0.2, 0.25) is 0 Å². The summed E-state index contributed by atoms with van der Waals surface area (Å²) >= 11 is 5.26. The van der Waals surface area contributed by atoms with E-state index >= 15 is 0 Å². The Labute approximate surface area is 98.2 Å². The molecule has 0 aromatic heterocycles. The predicted octanol–water partition coefficient (Wildman–Crippen LogP) is 2.97. The summed E-state index contributed by atoms with van der Waals surface area (Å²) in [4.78, 5) is 11.2. The van der Waals surface area contributed by atoms with Crippen molar-refractivity contribution >= 4 is 30.0 Å². The molecule has 3 nitrogen and oxygen atoms in total. The van der Waals surface area contributed by atoms with Crippen molar-refractivity contribution in [2.24, 2.45) is 0 Å². The van der Waals surface area contributed by atoms with Gasteiger partial charge in [0.1, 0.15) is 5.75 Å². The lowest BCUT2D eigenvalue weighted by Gasteiger charge is -2.21. The highest BCUT2D eigenvalue weighted by Crippen LogP contribution is 2.39. The van der Waals surface area contributed by atoms with Gasteiger partial charge in [-0.3, -0.25) is 4.57 Å². The summed E-state index contributed by atoms with van der Waals surface area (Å²) in [6.07, 6.45) is 0. The lowest BCUT2D eigenvalue weighted by Crippen LogP contribution is -2.07. The van der Waals surface area contributed by atoms with Gasteiger partial charge in [0, 0.05) is 0 Å². The highest BCUT2D eigenvalue weighted by Gasteiger charge is 2.08. The van der Waals surface area contributed by atoms with E-state index in [2.05, 4.69) is 0 Å². The van der Waals surface area contributed by atoms with Crippen LogP contribution in [0.1, 0.15) is 0 Å². The number of rotatable bonds is 3. The van der Waals surface area contributed by atoms with Crippen molar-refractivity contribution in [1.29, 1.82) is 0 Å². The van der Waals surface area contributed by atoms with Gasteiger partial charge >= 0.3 is 0 Å². The molecule has 0 spiro atoms. The Bertz CT molecular complexity index is 556. The van der Waals surface area contributed by atoms with Crippen molar-refractivity contribution in [2.45, 2.75) is 0 Å². The maximum Gasteiger partial charge on any atom is 0.199 e. The molecule has 84 valence electrons. The molecule has 0 saturated heterocycles. The average Bonchev–Trinajstić information content (AvgIpc) is 2.28. The minimum atomic E-state index is -3.96. The predicted molar refractivity (Wildman–Crippen MR) is 62.9 cm³/mol. The minimum absolute atomic E-state index is 0.290. The lowest BCUT2D eigenvalue weighted by atomic mass is 10.1. The first-order valence-corrected chi connectivity index (χ1v) is 6.91. The molecule has 0 aliphatic carbocycles. The summed E-state index contributed by atoms with van der Waals surface area (Å²) in [5.74, 6) is 0.290. The molecule has 0 bridgehead atoms. The van der Waals surface area contributed by atoms with Crippen LogP contribution in [-0.4, -0.2) is 5.62 Å². The minimum Gasteiger partial charge on any atom is -0.768 e. The summed E-state index contributed by atoms with van der Waals surface area (Å²) in [6, 6.07) is 12.7. The highest BCUT2D eigenvalue weighted by molar-refractivity contribution is 7.53. The van der Waals surface area contributed by atoms with Crippen LogP contribution in [0.3, 0.4) is 0 Å². The van der Waals surface area contributed by atoms with E-state index in [9.17, 15) is 9.46 Å². The van der Waals surface area contributed by atoms with Gasteiger partial charge in [0.15, 0.2) is 7.60 Å². The zero-order valence-electron chi connectivity index (χ0n) is 8.30. The summed E-state index contributed by atoms with van der Waals surface area (Å²) in [5.41, 5.74) is -0.528. The van der Waals surface area contributed by atoms with Crippen LogP contribution >= 0.6 is 19.2 Å². The fraction of sp³-hybridized carbons (Fsp3) is 0.0909.